The van der Waals surface area contributed by atoms with Gasteiger partial charge >= 0.3 is 0 Å². The summed E-state index contributed by atoms with van der Waals surface area (Å²) in [7, 11) is 0. The van der Waals surface area contributed by atoms with E-state index in [4.69, 9.17) is 0 Å². The van der Waals surface area contributed by atoms with E-state index in [2.05, 4.69) is 41.7 Å². The van der Waals surface area contributed by atoms with Gasteiger partial charge in [-0.1, -0.05) is 24.3 Å². The molecule has 17 heavy (non-hydrogen) atoms. The largest absolute Gasteiger partial charge is 0.307 e. The van der Waals surface area contributed by atoms with Gasteiger partial charge in [-0.2, -0.15) is 0 Å². The summed E-state index contributed by atoms with van der Waals surface area (Å²) in [5, 5.41) is 5.04. The maximum absolute atomic E-state index is 3.65. The molecule has 1 saturated heterocycles. The zero-order chi connectivity index (χ0) is 11.2. The van der Waals surface area contributed by atoms with Crippen LogP contribution in [-0.4, -0.2) is 12.1 Å². The van der Waals surface area contributed by atoms with Crippen LogP contribution in [0.2, 0.25) is 0 Å². The van der Waals surface area contributed by atoms with Gasteiger partial charge in [0.2, 0.25) is 0 Å². The number of fused-ring (bicyclic) bond motifs is 3. The van der Waals surface area contributed by atoms with Crippen molar-refractivity contribution in [2.75, 3.05) is 0 Å². The SMILES string of the molecule is C1=C(c2cc3ccccc3s2)C[C@@H]2CC[C@H]1N2. The lowest BCUT2D eigenvalue weighted by molar-refractivity contribution is 0.575. The second kappa shape index (κ2) is 3.69. The van der Waals surface area contributed by atoms with Crippen LogP contribution in [0, 0.1) is 0 Å². The van der Waals surface area contributed by atoms with Gasteiger partial charge in [-0.15, -0.1) is 11.3 Å². The number of thiophene rings is 1. The summed E-state index contributed by atoms with van der Waals surface area (Å²) in [4.78, 5) is 1.48. The van der Waals surface area contributed by atoms with E-state index in [-0.39, 0.29) is 0 Å². The molecule has 2 aliphatic heterocycles. The smallest absolute Gasteiger partial charge is 0.0349 e. The first-order chi connectivity index (χ1) is 8.38. The van der Waals surface area contributed by atoms with Crippen molar-refractivity contribution in [3.05, 3.63) is 41.3 Å². The average Bonchev–Trinajstić information content (AvgIpc) is 2.92. The molecule has 2 heteroatoms. The summed E-state index contributed by atoms with van der Waals surface area (Å²) >= 11 is 1.94. The van der Waals surface area contributed by atoms with Crippen molar-refractivity contribution >= 4 is 27.0 Å². The third-order valence-corrected chi connectivity index (χ3v) is 5.08. The van der Waals surface area contributed by atoms with Gasteiger partial charge in [0.1, 0.15) is 0 Å². The molecular formula is C15H15NS. The number of benzene rings is 1. The van der Waals surface area contributed by atoms with Gasteiger partial charge in [0.15, 0.2) is 0 Å². The first-order valence-electron chi connectivity index (χ1n) is 6.34. The van der Waals surface area contributed by atoms with Crippen LogP contribution >= 0.6 is 11.3 Å². The fourth-order valence-corrected chi connectivity index (χ4v) is 4.14. The molecule has 1 aromatic heterocycles. The van der Waals surface area contributed by atoms with Crippen LogP contribution in [-0.2, 0) is 0 Å². The van der Waals surface area contributed by atoms with Crippen molar-refractivity contribution in [2.24, 2.45) is 0 Å². The molecule has 1 nitrogen and oxygen atoms in total. The van der Waals surface area contributed by atoms with Crippen molar-refractivity contribution < 1.29 is 0 Å². The third-order valence-electron chi connectivity index (χ3n) is 3.89. The molecule has 0 radical (unpaired) electrons. The Balaban J connectivity index is 1.79. The highest BCUT2D eigenvalue weighted by Gasteiger charge is 2.28. The Bertz CT molecular complexity index is 563. The maximum atomic E-state index is 3.65. The second-order valence-corrected chi connectivity index (χ2v) is 6.18. The van der Waals surface area contributed by atoms with E-state index in [1.807, 2.05) is 11.3 Å². The topological polar surface area (TPSA) is 12.0 Å². The minimum Gasteiger partial charge on any atom is -0.307 e. The van der Waals surface area contributed by atoms with Gasteiger partial charge in [0.05, 0.1) is 0 Å². The van der Waals surface area contributed by atoms with Crippen LogP contribution in [0.3, 0.4) is 0 Å². The van der Waals surface area contributed by atoms with Crippen LogP contribution < -0.4 is 5.32 Å². The van der Waals surface area contributed by atoms with Crippen molar-refractivity contribution in [3.63, 3.8) is 0 Å². The summed E-state index contributed by atoms with van der Waals surface area (Å²) in [5.74, 6) is 0. The molecule has 0 amide bonds. The molecule has 0 spiro atoms. The van der Waals surface area contributed by atoms with Crippen LogP contribution in [0.1, 0.15) is 24.1 Å². The average molecular weight is 241 g/mol. The van der Waals surface area contributed by atoms with Crippen molar-refractivity contribution in [3.8, 4) is 0 Å². The minimum absolute atomic E-state index is 0.633. The van der Waals surface area contributed by atoms with Crippen LogP contribution in [0.15, 0.2) is 36.4 Å². The first-order valence-corrected chi connectivity index (χ1v) is 7.16. The van der Waals surface area contributed by atoms with E-state index in [0.29, 0.717) is 6.04 Å². The summed E-state index contributed by atoms with van der Waals surface area (Å²) in [6, 6.07) is 12.4. The predicted molar refractivity (Wildman–Crippen MR) is 74.4 cm³/mol. The zero-order valence-electron chi connectivity index (χ0n) is 9.65. The highest BCUT2D eigenvalue weighted by Crippen LogP contribution is 2.37. The lowest BCUT2D eigenvalue weighted by Gasteiger charge is -2.20. The van der Waals surface area contributed by atoms with Gasteiger partial charge in [-0.05, 0) is 42.4 Å². The van der Waals surface area contributed by atoms with E-state index >= 15 is 0 Å². The molecule has 1 aromatic carbocycles. The van der Waals surface area contributed by atoms with E-state index in [1.54, 1.807) is 5.57 Å². The van der Waals surface area contributed by atoms with Crippen molar-refractivity contribution in [1.82, 2.24) is 5.32 Å². The molecule has 3 heterocycles. The molecule has 0 unspecified atom stereocenters. The number of hydrogen-bond acceptors (Lipinski definition) is 2. The molecule has 1 N–H and O–H groups in total. The maximum Gasteiger partial charge on any atom is 0.0349 e. The van der Waals surface area contributed by atoms with E-state index in [1.165, 1.54) is 34.2 Å². The Morgan fingerprint density at radius 1 is 1.18 bits per heavy atom. The standard InChI is InChI=1S/C15H15NS/c1-2-4-14-10(3-1)9-15(17-14)11-7-12-5-6-13(8-11)16-12/h1-4,7,9,12-13,16H,5-6,8H2/t12-,13+/m1/s1. The molecule has 2 aromatic rings. The fourth-order valence-electron chi connectivity index (χ4n) is 3.04. The molecule has 2 bridgehead atoms. The molecule has 0 aliphatic carbocycles. The molecule has 2 atom stereocenters. The summed E-state index contributed by atoms with van der Waals surface area (Å²) < 4.78 is 1.41. The van der Waals surface area contributed by atoms with Gasteiger partial charge < -0.3 is 5.32 Å². The number of hydrogen-bond donors (Lipinski definition) is 1. The summed E-state index contributed by atoms with van der Waals surface area (Å²) in [6.07, 6.45) is 6.33. The summed E-state index contributed by atoms with van der Waals surface area (Å²) in [6.45, 7) is 0. The Labute approximate surface area is 105 Å². The minimum atomic E-state index is 0.633. The second-order valence-electron chi connectivity index (χ2n) is 5.09. The van der Waals surface area contributed by atoms with Gasteiger partial charge in [0, 0.05) is 21.7 Å². The van der Waals surface area contributed by atoms with Crippen molar-refractivity contribution in [2.45, 2.75) is 31.3 Å². The van der Waals surface area contributed by atoms with Crippen molar-refractivity contribution in [1.29, 1.82) is 0 Å². The van der Waals surface area contributed by atoms with E-state index < -0.39 is 0 Å². The normalized spacial score (nSPS) is 27.4. The van der Waals surface area contributed by atoms with Crippen LogP contribution in [0.25, 0.3) is 15.7 Å². The van der Waals surface area contributed by atoms with Crippen LogP contribution in [0.5, 0.6) is 0 Å². The highest BCUT2D eigenvalue weighted by molar-refractivity contribution is 7.20. The summed E-state index contributed by atoms with van der Waals surface area (Å²) in [5.41, 5.74) is 1.57. The Morgan fingerprint density at radius 3 is 3.00 bits per heavy atom. The lowest BCUT2D eigenvalue weighted by Crippen LogP contribution is -2.31. The quantitative estimate of drug-likeness (QED) is 0.800. The molecule has 0 saturated carbocycles. The number of rotatable bonds is 1. The van der Waals surface area contributed by atoms with Gasteiger partial charge in [0.25, 0.3) is 0 Å². The predicted octanol–water partition coefficient (Wildman–Crippen LogP) is 3.81. The number of nitrogens with one attached hydrogen (secondary N) is 1. The molecular weight excluding hydrogens is 226 g/mol. The van der Waals surface area contributed by atoms with Crippen LogP contribution in [0.4, 0.5) is 0 Å². The third kappa shape index (κ3) is 1.63. The monoisotopic (exact) mass is 241 g/mol. The first kappa shape index (κ1) is 9.86. The molecule has 86 valence electrons. The Morgan fingerprint density at radius 2 is 2.12 bits per heavy atom. The van der Waals surface area contributed by atoms with E-state index in [9.17, 15) is 0 Å². The van der Waals surface area contributed by atoms with Gasteiger partial charge in [-0.25, -0.2) is 0 Å². The molecule has 2 aliphatic rings. The fraction of sp³-hybridized carbons (Fsp3) is 0.333. The Kier molecular flexibility index (Phi) is 2.14. The lowest BCUT2D eigenvalue weighted by atomic mass is 10.0. The Hall–Kier alpha value is -1.12. The molecule has 1 fully saturated rings. The highest BCUT2D eigenvalue weighted by atomic mass is 32.1. The van der Waals surface area contributed by atoms with Gasteiger partial charge in [-0.3, -0.25) is 0 Å². The van der Waals surface area contributed by atoms with E-state index in [0.717, 1.165) is 6.04 Å². The zero-order valence-corrected chi connectivity index (χ0v) is 10.5. The molecule has 4 rings (SSSR count).